The molecular formula is C12H15FN2O. The van der Waals surface area contributed by atoms with Crippen LogP contribution in [0.25, 0.3) is 11.1 Å². The molecule has 1 heterocycles. The van der Waals surface area contributed by atoms with Gasteiger partial charge in [0.15, 0.2) is 11.5 Å². The number of rotatable bonds is 2. The summed E-state index contributed by atoms with van der Waals surface area (Å²) in [5.74, 6) is 0.532. The Labute approximate surface area is 93.5 Å². The second-order valence-corrected chi connectivity index (χ2v) is 4.23. The van der Waals surface area contributed by atoms with Gasteiger partial charge < -0.3 is 10.2 Å². The van der Waals surface area contributed by atoms with Crippen LogP contribution < -0.4 is 5.73 Å². The number of halogens is 1. The molecule has 0 radical (unpaired) electrons. The van der Waals surface area contributed by atoms with Crippen molar-refractivity contribution >= 4 is 11.1 Å². The summed E-state index contributed by atoms with van der Waals surface area (Å²) >= 11 is 0. The topological polar surface area (TPSA) is 52.0 Å². The van der Waals surface area contributed by atoms with Gasteiger partial charge in [0.05, 0.1) is 0 Å². The highest BCUT2D eigenvalue weighted by Gasteiger charge is 2.16. The van der Waals surface area contributed by atoms with Crippen LogP contribution in [0.5, 0.6) is 0 Å². The van der Waals surface area contributed by atoms with Crippen molar-refractivity contribution in [3.05, 3.63) is 28.9 Å². The highest BCUT2D eigenvalue weighted by atomic mass is 19.1. The second-order valence-electron chi connectivity index (χ2n) is 4.23. The maximum Gasteiger partial charge on any atom is 0.198 e. The van der Waals surface area contributed by atoms with Gasteiger partial charge in [-0.05, 0) is 13.0 Å². The molecule has 2 aromatic rings. The van der Waals surface area contributed by atoms with Crippen LogP contribution in [0.15, 0.2) is 10.5 Å². The predicted octanol–water partition coefficient (Wildman–Crippen LogP) is 2.86. The Bertz CT molecular complexity index is 531. The number of hydrogen-bond acceptors (Lipinski definition) is 3. The number of benzene rings is 1. The number of fused-ring (bicyclic) bond motifs is 1. The van der Waals surface area contributed by atoms with Gasteiger partial charge in [0.1, 0.15) is 11.3 Å². The van der Waals surface area contributed by atoms with Crippen LogP contribution in [-0.4, -0.2) is 4.98 Å². The summed E-state index contributed by atoms with van der Waals surface area (Å²) in [6.07, 6.45) is 0. The molecule has 0 saturated heterocycles. The van der Waals surface area contributed by atoms with E-state index in [-0.39, 0.29) is 18.3 Å². The summed E-state index contributed by atoms with van der Waals surface area (Å²) < 4.78 is 19.3. The summed E-state index contributed by atoms with van der Waals surface area (Å²) in [4.78, 5) is 4.33. The fraction of sp³-hybridized carbons (Fsp3) is 0.417. The van der Waals surface area contributed by atoms with Crippen LogP contribution in [0, 0.1) is 12.7 Å². The maximum absolute atomic E-state index is 13.8. The first-order chi connectivity index (χ1) is 7.54. The van der Waals surface area contributed by atoms with Gasteiger partial charge in [0.2, 0.25) is 0 Å². The van der Waals surface area contributed by atoms with Crippen molar-refractivity contribution in [3.8, 4) is 0 Å². The lowest BCUT2D eigenvalue weighted by atomic mass is 10.1. The van der Waals surface area contributed by atoms with Crippen LogP contribution in [0.2, 0.25) is 0 Å². The van der Waals surface area contributed by atoms with E-state index in [0.29, 0.717) is 28.1 Å². The SMILES string of the molecule is Cc1c(F)c(CN)cc2nc(C(C)C)oc12. The normalized spacial score (nSPS) is 11.6. The molecule has 2 rings (SSSR count). The Morgan fingerprint density at radius 3 is 2.75 bits per heavy atom. The molecule has 0 saturated carbocycles. The third kappa shape index (κ3) is 1.59. The van der Waals surface area contributed by atoms with E-state index in [1.54, 1.807) is 13.0 Å². The van der Waals surface area contributed by atoms with E-state index in [9.17, 15) is 4.39 Å². The molecule has 0 atom stereocenters. The van der Waals surface area contributed by atoms with Crippen molar-refractivity contribution in [3.63, 3.8) is 0 Å². The molecule has 0 bridgehead atoms. The Balaban J connectivity index is 2.72. The average molecular weight is 222 g/mol. The van der Waals surface area contributed by atoms with Gasteiger partial charge in [-0.15, -0.1) is 0 Å². The largest absolute Gasteiger partial charge is 0.440 e. The molecule has 0 amide bonds. The lowest BCUT2D eigenvalue weighted by Gasteiger charge is -2.02. The Morgan fingerprint density at radius 2 is 2.19 bits per heavy atom. The lowest BCUT2D eigenvalue weighted by molar-refractivity contribution is 0.497. The maximum atomic E-state index is 13.8. The van der Waals surface area contributed by atoms with E-state index in [1.807, 2.05) is 13.8 Å². The molecule has 4 heteroatoms. The zero-order valence-electron chi connectivity index (χ0n) is 9.67. The Morgan fingerprint density at radius 1 is 1.50 bits per heavy atom. The third-order valence-electron chi connectivity index (χ3n) is 2.65. The van der Waals surface area contributed by atoms with Gasteiger partial charge in [0.25, 0.3) is 0 Å². The van der Waals surface area contributed by atoms with E-state index < -0.39 is 0 Å². The van der Waals surface area contributed by atoms with Crippen molar-refractivity contribution in [2.75, 3.05) is 0 Å². The van der Waals surface area contributed by atoms with Crippen LogP contribution in [0.3, 0.4) is 0 Å². The minimum Gasteiger partial charge on any atom is -0.440 e. The van der Waals surface area contributed by atoms with Crippen molar-refractivity contribution in [2.45, 2.75) is 33.2 Å². The summed E-state index contributed by atoms with van der Waals surface area (Å²) in [5, 5.41) is 0. The third-order valence-corrected chi connectivity index (χ3v) is 2.65. The number of nitrogens with two attached hydrogens (primary N) is 1. The monoisotopic (exact) mass is 222 g/mol. The Kier molecular flexibility index (Phi) is 2.68. The zero-order chi connectivity index (χ0) is 11.9. The van der Waals surface area contributed by atoms with E-state index in [0.717, 1.165) is 0 Å². The average Bonchev–Trinajstić information content (AvgIpc) is 2.67. The number of aryl methyl sites for hydroxylation is 1. The minimum absolute atomic E-state index is 0.173. The summed E-state index contributed by atoms with van der Waals surface area (Å²) in [6, 6.07) is 1.66. The van der Waals surface area contributed by atoms with Crippen LogP contribution in [0.1, 0.15) is 36.8 Å². The molecule has 0 fully saturated rings. The number of oxazole rings is 1. The molecule has 16 heavy (non-hydrogen) atoms. The molecule has 3 nitrogen and oxygen atoms in total. The zero-order valence-corrected chi connectivity index (χ0v) is 9.67. The lowest BCUT2D eigenvalue weighted by Crippen LogP contribution is -2.01. The van der Waals surface area contributed by atoms with E-state index >= 15 is 0 Å². The highest BCUT2D eigenvalue weighted by Crippen LogP contribution is 2.27. The molecule has 0 unspecified atom stereocenters. The number of nitrogens with zero attached hydrogens (tertiary/aromatic N) is 1. The molecule has 1 aromatic heterocycles. The van der Waals surface area contributed by atoms with Gasteiger partial charge in [-0.2, -0.15) is 0 Å². The molecule has 0 aliphatic heterocycles. The molecule has 0 aliphatic carbocycles. The molecule has 1 aromatic carbocycles. The quantitative estimate of drug-likeness (QED) is 0.850. The smallest absolute Gasteiger partial charge is 0.198 e. The first-order valence-electron chi connectivity index (χ1n) is 5.33. The fourth-order valence-corrected chi connectivity index (χ4v) is 1.68. The first kappa shape index (κ1) is 11.1. The van der Waals surface area contributed by atoms with Crippen molar-refractivity contribution in [2.24, 2.45) is 5.73 Å². The molecule has 2 N–H and O–H groups in total. The van der Waals surface area contributed by atoms with Gasteiger partial charge >= 0.3 is 0 Å². The molecule has 86 valence electrons. The van der Waals surface area contributed by atoms with Crippen molar-refractivity contribution in [1.29, 1.82) is 0 Å². The minimum atomic E-state index is -0.290. The predicted molar refractivity (Wildman–Crippen MR) is 60.7 cm³/mol. The Hall–Kier alpha value is -1.42. The number of aromatic nitrogens is 1. The summed E-state index contributed by atoms with van der Waals surface area (Å²) in [5.41, 5.74) is 7.65. The number of hydrogen-bond donors (Lipinski definition) is 1. The van der Waals surface area contributed by atoms with Gasteiger partial charge in [0, 0.05) is 23.6 Å². The van der Waals surface area contributed by atoms with Gasteiger partial charge in [-0.1, -0.05) is 13.8 Å². The first-order valence-corrected chi connectivity index (χ1v) is 5.33. The van der Waals surface area contributed by atoms with E-state index in [1.165, 1.54) is 0 Å². The fourth-order valence-electron chi connectivity index (χ4n) is 1.68. The van der Waals surface area contributed by atoms with Crippen LogP contribution in [0.4, 0.5) is 4.39 Å². The van der Waals surface area contributed by atoms with Crippen LogP contribution >= 0.6 is 0 Å². The van der Waals surface area contributed by atoms with E-state index in [2.05, 4.69) is 4.98 Å². The molecule has 0 spiro atoms. The second kappa shape index (κ2) is 3.87. The van der Waals surface area contributed by atoms with Crippen molar-refractivity contribution in [1.82, 2.24) is 4.98 Å². The van der Waals surface area contributed by atoms with E-state index in [4.69, 9.17) is 10.2 Å². The summed E-state index contributed by atoms with van der Waals surface area (Å²) in [7, 11) is 0. The highest BCUT2D eigenvalue weighted by molar-refractivity contribution is 5.77. The molecule has 0 aliphatic rings. The van der Waals surface area contributed by atoms with Crippen molar-refractivity contribution < 1.29 is 8.81 Å². The van der Waals surface area contributed by atoms with Gasteiger partial charge in [-0.25, -0.2) is 9.37 Å². The standard InChI is InChI=1S/C12H15FN2O/c1-6(2)12-15-9-4-8(5-14)10(13)7(3)11(9)16-12/h4,6H,5,14H2,1-3H3. The van der Waals surface area contributed by atoms with Crippen LogP contribution in [-0.2, 0) is 6.54 Å². The molecular weight excluding hydrogens is 207 g/mol. The van der Waals surface area contributed by atoms with Gasteiger partial charge in [-0.3, -0.25) is 0 Å². The summed E-state index contributed by atoms with van der Waals surface area (Å²) in [6.45, 7) is 5.83.